The molecule has 0 saturated heterocycles. The zero-order valence-electron chi connectivity index (χ0n) is 8.53. The SMILES string of the molecule is Cc1ccc(C)c(OC[C@H](O)CO)c1. The highest BCUT2D eigenvalue weighted by Crippen LogP contribution is 2.19. The van der Waals surface area contributed by atoms with E-state index in [1.807, 2.05) is 32.0 Å². The summed E-state index contributed by atoms with van der Waals surface area (Å²) in [6.45, 7) is 3.78. The zero-order chi connectivity index (χ0) is 10.6. The molecule has 0 saturated carbocycles. The van der Waals surface area contributed by atoms with Crippen LogP contribution in [0.3, 0.4) is 0 Å². The van der Waals surface area contributed by atoms with Crippen molar-refractivity contribution in [1.29, 1.82) is 0 Å². The molecule has 3 heteroatoms. The van der Waals surface area contributed by atoms with E-state index in [4.69, 9.17) is 14.9 Å². The lowest BCUT2D eigenvalue weighted by Crippen LogP contribution is -2.21. The fourth-order valence-corrected chi connectivity index (χ4v) is 1.10. The van der Waals surface area contributed by atoms with E-state index in [2.05, 4.69) is 0 Å². The number of rotatable bonds is 4. The van der Waals surface area contributed by atoms with Crippen LogP contribution < -0.4 is 4.74 Å². The Hall–Kier alpha value is -1.06. The average molecular weight is 196 g/mol. The number of benzene rings is 1. The number of hydrogen-bond acceptors (Lipinski definition) is 3. The summed E-state index contributed by atoms with van der Waals surface area (Å²) in [5.74, 6) is 0.762. The van der Waals surface area contributed by atoms with E-state index in [0.29, 0.717) is 0 Å². The smallest absolute Gasteiger partial charge is 0.122 e. The van der Waals surface area contributed by atoms with Crippen LogP contribution in [0.15, 0.2) is 18.2 Å². The number of aliphatic hydroxyl groups excluding tert-OH is 2. The van der Waals surface area contributed by atoms with Gasteiger partial charge >= 0.3 is 0 Å². The molecule has 1 rings (SSSR count). The third-order valence-corrected chi connectivity index (χ3v) is 1.99. The Morgan fingerprint density at radius 2 is 2.07 bits per heavy atom. The first-order valence-electron chi connectivity index (χ1n) is 4.62. The Morgan fingerprint density at radius 3 is 2.71 bits per heavy atom. The minimum absolute atomic E-state index is 0.126. The molecular weight excluding hydrogens is 180 g/mol. The summed E-state index contributed by atoms with van der Waals surface area (Å²) < 4.78 is 5.36. The van der Waals surface area contributed by atoms with Crippen molar-refractivity contribution in [3.05, 3.63) is 29.3 Å². The highest BCUT2D eigenvalue weighted by molar-refractivity contribution is 5.35. The fourth-order valence-electron chi connectivity index (χ4n) is 1.10. The minimum Gasteiger partial charge on any atom is -0.491 e. The molecule has 1 aromatic carbocycles. The van der Waals surface area contributed by atoms with Gasteiger partial charge in [-0.2, -0.15) is 0 Å². The van der Waals surface area contributed by atoms with Crippen molar-refractivity contribution in [1.82, 2.24) is 0 Å². The molecule has 1 aromatic rings. The predicted octanol–water partition coefficient (Wildman–Crippen LogP) is 1.04. The Bertz CT molecular complexity index is 297. The first kappa shape index (κ1) is 11.0. The van der Waals surface area contributed by atoms with Crippen molar-refractivity contribution in [3.8, 4) is 5.75 Å². The van der Waals surface area contributed by atoms with Gasteiger partial charge in [-0.3, -0.25) is 0 Å². The van der Waals surface area contributed by atoms with Crippen LogP contribution in [0, 0.1) is 13.8 Å². The molecule has 0 radical (unpaired) electrons. The van der Waals surface area contributed by atoms with Gasteiger partial charge in [0.15, 0.2) is 0 Å². The fraction of sp³-hybridized carbons (Fsp3) is 0.455. The van der Waals surface area contributed by atoms with Gasteiger partial charge in [0.1, 0.15) is 18.5 Å². The lowest BCUT2D eigenvalue weighted by atomic mass is 10.1. The van der Waals surface area contributed by atoms with Crippen molar-refractivity contribution in [2.45, 2.75) is 20.0 Å². The predicted molar refractivity (Wildman–Crippen MR) is 54.5 cm³/mol. The molecule has 0 heterocycles. The van der Waals surface area contributed by atoms with E-state index in [9.17, 15) is 0 Å². The maximum absolute atomic E-state index is 9.10. The standard InChI is InChI=1S/C11H16O3/c1-8-3-4-9(2)11(5-8)14-7-10(13)6-12/h3-5,10,12-13H,6-7H2,1-2H3/t10-/m1/s1. The minimum atomic E-state index is -0.810. The van der Waals surface area contributed by atoms with Gasteiger partial charge in [0.05, 0.1) is 6.61 Å². The Morgan fingerprint density at radius 1 is 1.36 bits per heavy atom. The van der Waals surface area contributed by atoms with Crippen LogP contribution in [0.2, 0.25) is 0 Å². The van der Waals surface area contributed by atoms with Gasteiger partial charge < -0.3 is 14.9 Å². The lowest BCUT2D eigenvalue weighted by molar-refractivity contribution is 0.0534. The molecule has 0 bridgehead atoms. The zero-order valence-corrected chi connectivity index (χ0v) is 8.53. The van der Waals surface area contributed by atoms with Gasteiger partial charge in [-0.25, -0.2) is 0 Å². The van der Waals surface area contributed by atoms with Crippen molar-refractivity contribution < 1.29 is 14.9 Å². The molecule has 0 aromatic heterocycles. The van der Waals surface area contributed by atoms with Gasteiger partial charge in [0, 0.05) is 0 Å². The molecule has 0 unspecified atom stereocenters. The van der Waals surface area contributed by atoms with E-state index >= 15 is 0 Å². The molecule has 0 amide bonds. The summed E-state index contributed by atoms with van der Waals surface area (Å²) in [4.78, 5) is 0. The summed E-state index contributed by atoms with van der Waals surface area (Å²) in [5.41, 5.74) is 2.14. The van der Waals surface area contributed by atoms with Crippen LogP contribution >= 0.6 is 0 Å². The molecule has 0 fully saturated rings. The first-order chi connectivity index (χ1) is 6.63. The van der Waals surface area contributed by atoms with E-state index in [0.717, 1.165) is 16.9 Å². The summed E-state index contributed by atoms with van der Waals surface area (Å²) in [6.07, 6.45) is -0.810. The second kappa shape index (κ2) is 4.98. The average Bonchev–Trinajstić information content (AvgIpc) is 2.19. The lowest BCUT2D eigenvalue weighted by Gasteiger charge is -2.12. The number of hydrogen-bond donors (Lipinski definition) is 2. The molecule has 78 valence electrons. The molecule has 3 nitrogen and oxygen atoms in total. The molecule has 0 aliphatic carbocycles. The van der Waals surface area contributed by atoms with Gasteiger partial charge in [-0.05, 0) is 31.0 Å². The summed E-state index contributed by atoms with van der Waals surface area (Å²) in [7, 11) is 0. The first-order valence-corrected chi connectivity index (χ1v) is 4.62. The number of ether oxygens (including phenoxy) is 1. The third-order valence-electron chi connectivity index (χ3n) is 1.99. The van der Waals surface area contributed by atoms with Crippen LogP contribution in [0.1, 0.15) is 11.1 Å². The molecular formula is C11H16O3. The molecule has 0 aliphatic rings. The molecule has 14 heavy (non-hydrogen) atoms. The van der Waals surface area contributed by atoms with Crippen molar-refractivity contribution in [2.24, 2.45) is 0 Å². The number of aliphatic hydroxyl groups is 2. The van der Waals surface area contributed by atoms with Crippen LogP contribution in [0.4, 0.5) is 0 Å². The van der Waals surface area contributed by atoms with E-state index in [-0.39, 0.29) is 13.2 Å². The Balaban J connectivity index is 2.62. The second-order valence-corrected chi connectivity index (χ2v) is 3.42. The molecule has 1 atom stereocenters. The summed E-state index contributed by atoms with van der Waals surface area (Å²) >= 11 is 0. The van der Waals surface area contributed by atoms with Crippen LogP contribution in [0.25, 0.3) is 0 Å². The van der Waals surface area contributed by atoms with E-state index in [1.54, 1.807) is 0 Å². The molecule has 2 N–H and O–H groups in total. The Labute approximate surface area is 84.0 Å². The highest BCUT2D eigenvalue weighted by atomic mass is 16.5. The number of aryl methyl sites for hydroxylation is 2. The van der Waals surface area contributed by atoms with Crippen molar-refractivity contribution in [2.75, 3.05) is 13.2 Å². The third kappa shape index (κ3) is 3.01. The van der Waals surface area contributed by atoms with Crippen molar-refractivity contribution >= 4 is 0 Å². The monoisotopic (exact) mass is 196 g/mol. The van der Waals surface area contributed by atoms with Crippen LogP contribution in [-0.4, -0.2) is 29.5 Å². The highest BCUT2D eigenvalue weighted by Gasteiger charge is 2.04. The molecule has 0 aliphatic heterocycles. The summed E-state index contributed by atoms with van der Waals surface area (Å²) in [5, 5.41) is 17.7. The second-order valence-electron chi connectivity index (χ2n) is 3.42. The largest absolute Gasteiger partial charge is 0.491 e. The van der Waals surface area contributed by atoms with Gasteiger partial charge in [0.25, 0.3) is 0 Å². The van der Waals surface area contributed by atoms with Crippen LogP contribution in [0.5, 0.6) is 5.75 Å². The molecule has 0 spiro atoms. The Kier molecular flexibility index (Phi) is 3.92. The van der Waals surface area contributed by atoms with Gasteiger partial charge in [0.2, 0.25) is 0 Å². The summed E-state index contributed by atoms with van der Waals surface area (Å²) in [6, 6.07) is 5.89. The van der Waals surface area contributed by atoms with Crippen LogP contribution in [-0.2, 0) is 0 Å². The van der Waals surface area contributed by atoms with E-state index in [1.165, 1.54) is 0 Å². The topological polar surface area (TPSA) is 49.7 Å². The maximum atomic E-state index is 9.10. The normalized spacial score (nSPS) is 12.6. The van der Waals surface area contributed by atoms with Gasteiger partial charge in [-0.1, -0.05) is 12.1 Å². The van der Waals surface area contributed by atoms with Gasteiger partial charge in [-0.15, -0.1) is 0 Å². The van der Waals surface area contributed by atoms with Crippen molar-refractivity contribution in [3.63, 3.8) is 0 Å². The quantitative estimate of drug-likeness (QED) is 0.756. The van der Waals surface area contributed by atoms with E-state index < -0.39 is 6.10 Å². The maximum Gasteiger partial charge on any atom is 0.122 e.